The van der Waals surface area contributed by atoms with Crippen LogP contribution < -0.4 is 10.1 Å². The van der Waals surface area contributed by atoms with Gasteiger partial charge in [0, 0.05) is 27.5 Å². The van der Waals surface area contributed by atoms with E-state index < -0.39 is 0 Å². The molecule has 0 saturated carbocycles. The molecule has 0 spiro atoms. The summed E-state index contributed by atoms with van der Waals surface area (Å²) < 4.78 is 6.51. The number of benzene rings is 1. The van der Waals surface area contributed by atoms with Crippen molar-refractivity contribution in [2.75, 3.05) is 7.11 Å². The van der Waals surface area contributed by atoms with Crippen LogP contribution in [0.1, 0.15) is 36.2 Å². The highest BCUT2D eigenvalue weighted by Crippen LogP contribution is 2.26. The van der Waals surface area contributed by atoms with E-state index in [-0.39, 0.29) is 0 Å². The van der Waals surface area contributed by atoms with Crippen molar-refractivity contribution < 1.29 is 4.74 Å². The number of hydrogen-bond donors (Lipinski definition) is 1. The second-order valence-corrected chi connectivity index (χ2v) is 6.59. The fourth-order valence-electron chi connectivity index (χ4n) is 2.24. The molecule has 2 rings (SSSR count). The van der Waals surface area contributed by atoms with Crippen LogP contribution >= 0.6 is 27.3 Å². The van der Waals surface area contributed by atoms with Crippen molar-refractivity contribution in [2.45, 2.75) is 32.4 Å². The second kappa shape index (κ2) is 7.81. The molecule has 20 heavy (non-hydrogen) atoms. The van der Waals surface area contributed by atoms with Crippen LogP contribution in [0.4, 0.5) is 0 Å². The molecule has 1 aromatic heterocycles. The van der Waals surface area contributed by atoms with E-state index in [2.05, 4.69) is 51.7 Å². The smallest absolute Gasteiger partial charge is 0.123 e. The molecule has 1 unspecified atom stereocenters. The molecular formula is C16H20BrNOS. The van der Waals surface area contributed by atoms with Gasteiger partial charge in [-0.2, -0.15) is 0 Å². The van der Waals surface area contributed by atoms with Crippen molar-refractivity contribution in [1.29, 1.82) is 0 Å². The average molecular weight is 354 g/mol. The second-order valence-electron chi connectivity index (χ2n) is 4.69. The summed E-state index contributed by atoms with van der Waals surface area (Å²) in [5.41, 5.74) is 1.18. The van der Waals surface area contributed by atoms with Crippen molar-refractivity contribution in [1.82, 2.24) is 5.32 Å². The number of methoxy groups -OCH3 is 1. The maximum atomic E-state index is 5.43. The standard InChI is InChI=1S/C16H20BrNOS/c1-3-5-14(16-6-4-9-20-16)18-11-12-10-13(17)7-8-15(12)19-2/h4,6-10,14,18H,3,5,11H2,1-2H3. The predicted octanol–water partition coefficient (Wildman–Crippen LogP) is 5.15. The van der Waals surface area contributed by atoms with Gasteiger partial charge in [0.05, 0.1) is 7.11 Å². The van der Waals surface area contributed by atoms with Gasteiger partial charge in [0.2, 0.25) is 0 Å². The molecule has 0 bridgehead atoms. The molecule has 0 aliphatic carbocycles. The molecule has 2 aromatic rings. The van der Waals surface area contributed by atoms with Gasteiger partial charge in [0.25, 0.3) is 0 Å². The number of hydrogen-bond acceptors (Lipinski definition) is 3. The predicted molar refractivity (Wildman–Crippen MR) is 89.5 cm³/mol. The molecule has 1 aromatic carbocycles. The quantitative estimate of drug-likeness (QED) is 0.742. The van der Waals surface area contributed by atoms with Crippen LogP contribution in [0, 0.1) is 0 Å². The molecule has 108 valence electrons. The van der Waals surface area contributed by atoms with E-state index in [1.54, 1.807) is 7.11 Å². The molecule has 0 fully saturated rings. The third kappa shape index (κ3) is 4.08. The monoisotopic (exact) mass is 353 g/mol. The summed E-state index contributed by atoms with van der Waals surface area (Å²) in [5.74, 6) is 0.933. The highest BCUT2D eigenvalue weighted by Gasteiger charge is 2.12. The van der Waals surface area contributed by atoms with Crippen molar-refractivity contribution in [3.8, 4) is 5.75 Å². The van der Waals surface area contributed by atoms with Crippen LogP contribution in [-0.2, 0) is 6.54 Å². The van der Waals surface area contributed by atoms with Gasteiger partial charge in [0.15, 0.2) is 0 Å². The SMILES string of the molecule is CCCC(NCc1cc(Br)ccc1OC)c1cccs1. The summed E-state index contributed by atoms with van der Waals surface area (Å²) in [6.45, 7) is 3.03. The lowest BCUT2D eigenvalue weighted by Gasteiger charge is -2.18. The van der Waals surface area contributed by atoms with Gasteiger partial charge in [0.1, 0.15) is 5.75 Å². The maximum absolute atomic E-state index is 5.43. The van der Waals surface area contributed by atoms with Gasteiger partial charge in [-0.05, 0) is 36.1 Å². The van der Waals surface area contributed by atoms with E-state index in [0.29, 0.717) is 6.04 Å². The molecule has 2 nitrogen and oxygen atoms in total. The number of thiophene rings is 1. The van der Waals surface area contributed by atoms with E-state index in [0.717, 1.165) is 23.2 Å². The molecular weight excluding hydrogens is 334 g/mol. The van der Waals surface area contributed by atoms with Gasteiger partial charge in [-0.25, -0.2) is 0 Å². The number of halogens is 1. The normalized spacial score (nSPS) is 12.3. The van der Waals surface area contributed by atoms with E-state index in [1.807, 2.05) is 23.5 Å². The van der Waals surface area contributed by atoms with Crippen molar-refractivity contribution >= 4 is 27.3 Å². The minimum absolute atomic E-state index is 0.420. The van der Waals surface area contributed by atoms with Crippen molar-refractivity contribution in [2.24, 2.45) is 0 Å². The largest absolute Gasteiger partial charge is 0.496 e. The average Bonchev–Trinajstić information content (AvgIpc) is 2.97. The van der Waals surface area contributed by atoms with Gasteiger partial charge >= 0.3 is 0 Å². The Bertz CT molecular complexity index is 527. The molecule has 1 N–H and O–H groups in total. The lowest BCUT2D eigenvalue weighted by Crippen LogP contribution is -2.20. The molecule has 0 aliphatic rings. The summed E-state index contributed by atoms with van der Waals surface area (Å²) in [6, 6.07) is 10.9. The zero-order chi connectivity index (χ0) is 14.4. The zero-order valence-corrected chi connectivity index (χ0v) is 14.3. The van der Waals surface area contributed by atoms with Crippen molar-refractivity contribution in [3.63, 3.8) is 0 Å². The van der Waals surface area contributed by atoms with Crippen LogP contribution in [0.5, 0.6) is 5.75 Å². The van der Waals surface area contributed by atoms with Crippen LogP contribution in [0.2, 0.25) is 0 Å². The van der Waals surface area contributed by atoms with Gasteiger partial charge in [-0.1, -0.05) is 35.3 Å². The minimum Gasteiger partial charge on any atom is -0.496 e. The third-order valence-electron chi connectivity index (χ3n) is 3.25. The Kier molecular flexibility index (Phi) is 6.07. The van der Waals surface area contributed by atoms with E-state index in [1.165, 1.54) is 16.9 Å². The van der Waals surface area contributed by atoms with Gasteiger partial charge in [-0.3, -0.25) is 0 Å². The lowest BCUT2D eigenvalue weighted by atomic mass is 10.1. The third-order valence-corrected chi connectivity index (χ3v) is 4.72. The first kappa shape index (κ1) is 15.5. The Hall–Kier alpha value is -0.840. The van der Waals surface area contributed by atoms with Crippen LogP contribution in [-0.4, -0.2) is 7.11 Å². The number of ether oxygens (including phenoxy) is 1. The summed E-state index contributed by atoms with van der Waals surface area (Å²) >= 11 is 5.34. The first-order chi connectivity index (χ1) is 9.74. The Morgan fingerprint density at radius 3 is 2.85 bits per heavy atom. The molecule has 1 heterocycles. The zero-order valence-electron chi connectivity index (χ0n) is 11.9. The fraction of sp³-hybridized carbons (Fsp3) is 0.375. The molecule has 0 amide bonds. The van der Waals surface area contributed by atoms with E-state index in [4.69, 9.17) is 4.74 Å². The van der Waals surface area contributed by atoms with Gasteiger partial charge in [-0.15, -0.1) is 11.3 Å². The molecule has 4 heteroatoms. The Morgan fingerprint density at radius 1 is 1.35 bits per heavy atom. The summed E-state index contributed by atoms with van der Waals surface area (Å²) in [7, 11) is 1.72. The van der Waals surface area contributed by atoms with Gasteiger partial charge < -0.3 is 10.1 Å². The Morgan fingerprint density at radius 2 is 2.20 bits per heavy atom. The van der Waals surface area contributed by atoms with E-state index in [9.17, 15) is 0 Å². The highest BCUT2D eigenvalue weighted by molar-refractivity contribution is 9.10. The molecule has 0 aliphatic heterocycles. The number of rotatable bonds is 7. The topological polar surface area (TPSA) is 21.3 Å². The molecule has 0 saturated heterocycles. The Balaban J connectivity index is 2.07. The summed E-state index contributed by atoms with van der Waals surface area (Å²) in [5, 5.41) is 5.79. The van der Waals surface area contributed by atoms with Crippen LogP contribution in [0.15, 0.2) is 40.2 Å². The Labute approximate surface area is 133 Å². The van der Waals surface area contributed by atoms with Crippen LogP contribution in [0.3, 0.4) is 0 Å². The first-order valence-electron chi connectivity index (χ1n) is 6.83. The summed E-state index contributed by atoms with van der Waals surface area (Å²) in [6.07, 6.45) is 2.32. The fourth-order valence-corrected chi connectivity index (χ4v) is 3.49. The lowest BCUT2D eigenvalue weighted by molar-refractivity contribution is 0.404. The highest BCUT2D eigenvalue weighted by atomic mass is 79.9. The van der Waals surface area contributed by atoms with Crippen molar-refractivity contribution in [3.05, 3.63) is 50.6 Å². The molecule has 1 atom stereocenters. The maximum Gasteiger partial charge on any atom is 0.123 e. The minimum atomic E-state index is 0.420. The molecule has 0 radical (unpaired) electrons. The van der Waals surface area contributed by atoms with Crippen LogP contribution in [0.25, 0.3) is 0 Å². The number of nitrogens with one attached hydrogen (secondary N) is 1. The first-order valence-corrected chi connectivity index (χ1v) is 8.51. The summed E-state index contributed by atoms with van der Waals surface area (Å²) in [4.78, 5) is 1.40. The van der Waals surface area contributed by atoms with E-state index >= 15 is 0 Å².